The summed E-state index contributed by atoms with van der Waals surface area (Å²) in [6.45, 7) is 6.84. The molecule has 4 rings (SSSR count). The van der Waals surface area contributed by atoms with Crippen LogP contribution in [0.25, 0.3) is 16.8 Å². The van der Waals surface area contributed by atoms with Gasteiger partial charge >= 0.3 is 6.09 Å². The van der Waals surface area contributed by atoms with E-state index in [-0.39, 0.29) is 12.1 Å². The van der Waals surface area contributed by atoms with Crippen molar-refractivity contribution in [3.63, 3.8) is 0 Å². The molecule has 0 saturated carbocycles. The molecule has 1 amide bonds. The van der Waals surface area contributed by atoms with E-state index >= 15 is 0 Å². The van der Waals surface area contributed by atoms with Gasteiger partial charge in [0, 0.05) is 20.1 Å². The van der Waals surface area contributed by atoms with Gasteiger partial charge < -0.3 is 14.5 Å². The van der Waals surface area contributed by atoms with Gasteiger partial charge in [0.2, 0.25) is 5.65 Å². The second-order valence-electron chi connectivity index (χ2n) is 7.59. The normalized spacial score (nSPS) is 15.2. The summed E-state index contributed by atoms with van der Waals surface area (Å²) in [5, 5.41) is 8.54. The fraction of sp³-hybridized carbons (Fsp3) is 0.471. The number of pyridine rings is 1. The maximum Gasteiger partial charge on any atom is 0.410 e. The van der Waals surface area contributed by atoms with Gasteiger partial charge in [0.1, 0.15) is 22.6 Å². The van der Waals surface area contributed by atoms with Crippen LogP contribution in [0.3, 0.4) is 0 Å². The van der Waals surface area contributed by atoms with Crippen LogP contribution in [0.15, 0.2) is 18.5 Å². The predicted molar refractivity (Wildman–Crippen MR) is 101 cm³/mol. The summed E-state index contributed by atoms with van der Waals surface area (Å²) in [7, 11) is 1.75. The quantitative estimate of drug-likeness (QED) is 0.621. The summed E-state index contributed by atoms with van der Waals surface area (Å²) in [5.74, 6) is 0.706. The Balaban J connectivity index is 1.57. The number of fused-ring (bicyclic) bond motifs is 3. The molecule has 1 aliphatic rings. The molecule has 0 bridgehead atoms. The van der Waals surface area contributed by atoms with Gasteiger partial charge in [-0.05, 0) is 32.9 Å². The second-order valence-corrected chi connectivity index (χ2v) is 7.97. The number of aromatic nitrogens is 5. The Morgan fingerprint density at radius 2 is 2.00 bits per heavy atom. The lowest BCUT2D eigenvalue weighted by atomic mass is 10.1. The molecule has 0 spiro atoms. The Hall–Kier alpha value is -2.68. The third kappa shape index (κ3) is 3.23. The van der Waals surface area contributed by atoms with Gasteiger partial charge in [0.05, 0.1) is 6.04 Å². The Morgan fingerprint density at radius 1 is 1.26 bits per heavy atom. The van der Waals surface area contributed by atoms with E-state index in [1.807, 2.05) is 26.8 Å². The third-order valence-corrected chi connectivity index (χ3v) is 4.62. The van der Waals surface area contributed by atoms with Gasteiger partial charge in [-0.1, -0.05) is 11.6 Å². The van der Waals surface area contributed by atoms with E-state index in [9.17, 15) is 4.79 Å². The number of halogens is 1. The first-order chi connectivity index (χ1) is 12.7. The maximum atomic E-state index is 12.2. The van der Waals surface area contributed by atoms with Crippen LogP contribution < -0.4 is 4.90 Å². The van der Waals surface area contributed by atoms with Gasteiger partial charge in [-0.3, -0.25) is 4.40 Å². The molecule has 3 aromatic heterocycles. The fourth-order valence-corrected chi connectivity index (χ4v) is 3.10. The Bertz CT molecular complexity index is 1020. The number of amides is 1. The van der Waals surface area contributed by atoms with Crippen molar-refractivity contribution in [1.29, 1.82) is 0 Å². The van der Waals surface area contributed by atoms with Crippen molar-refractivity contribution < 1.29 is 9.53 Å². The zero-order chi connectivity index (χ0) is 19.3. The maximum absolute atomic E-state index is 12.2. The summed E-state index contributed by atoms with van der Waals surface area (Å²) in [6, 6.07) is 3.56. The average Bonchev–Trinajstić information content (AvgIpc) is 3.02. The van der Waals surface area contributed by atoms with Gasteiger partial charge in [0.15, 0.2) is 11.5 Å². The molecular weight excluding hydrogens is 370 g/mol. The number of likely N-dealkylation sites (N-methyl/N-ethyl adjacent to an activating group) is 1. The summed E-state index contributed by atoms with van der Waals surface area (Å²) >= 11 is 6.00. The number of anilines is 1. The van der Waals surface area contributed by atoms with Crippen LogP contribution >= 0.6 is 11.6 Å². The van der Waals surface area contributed by atoms with Crippen LogP contribution in [-0.4, -0.2) is 67.3 Å². The Morgan fingerprint density at radius 3 is 2.70 bits per heavy atom. The zero-order valence-electron chi connectivity index (χ0n) is 15.5. The van der Waals surface area contributed by atoms with E-state index in [1.165, 1.54) is 0 Å². The van der Waals surface area contributed by atoms with Crippen LogP contribution in [0.2, 0.25) is 5.15 Å². The average molecular weight is 390 g/mol. The third-order valence-electron chi connectivity index (χ3n) is 4.41. The lowest BCUT2D eigenvalue weighted by molar-refractivity contribution is 0.0197. The molecule has 0 aromatic carbocycles. The molecule has 27 heavy (non-hydrogen) atoms. The van der Waals surface area contributed by atoms with Gasteiger partial charge in [-0.15, -0.1) is 10.2 Å². The molecule has 3 aromatic rings. The molecule has 0 N–H and O–H groups in total. The highest BCUT2D eigenvalue weighted by atomic mass is 35.5. The summed E-state index contributed by atoms with van der Waals surface area (Å²) in [5.41, 5.74) is 1.40. The minimum absolute atomic E-state index is 0.0451. The lowest BCUT2D eigenvalue weighted by Gasteiger charge is -2.44. The topological polar surface area (TPSA) is 88.8 Å². The standard InChI is InChI=1S/C17H20ClN7O2/c1-17(2,3)27-16(26)23(4)10-7-24(8-10)14-15-22-19-9-25(15)13-11(20-14)5-6-12(18)21-13/h5-6,9-10H,7-8H2,1-4H3. The first-order valence-electron chi connectivity index (χ1n) is 8.60. The monoisotopic (exact) mass is 389 g/mol. The van der Waals surface area contributed by atoms with Crippen molar-refractivity contribution >= 4 is 40.3 Å². The van der Waals surface area contributed by atoms with Crippen LogP contribution in [0.5, 0.6) is 0 Å². The molecule has 1 fully saturated rings. The first kappa shape index (κ1) is 17.7. The van der Waals surface area contributed by atoms with Crippen molar-refractivity contribution in [1.82, 2.24) is 29.5 Å². The molecule has 1 aliphatic heterocycles. The van der Waals surface area contributed by atoms with Crippen LogP contribution in [0.1, 0.15) is 20.8 Å². The highest BCUT2D eigenvalue weighted by molar-refractivity contribution is 6.29. The first-order valence-corrected chi connectivity index (χ1v) is 8.97. The van der Waals surface area contributed by atoms with E-state index in [0.717, 1.165) is 0 Å². The number of carbonyl (C=O) groups is 1. The van der Waals surface area contributed by atoms with Gasteiger partial charge in [-0.2, -0.15) is 0 Å². The van der Waals surface area contributed by atoms with Crippen molar-refractivity contribution in [2.45, 2.75) is 32.4 Å². The van der Waals surface area contributed by atoms with E-state index in [2.05, 4.69) is 25.1 Å². The highest BCUT2D eigenvalue weighted by Crippen LogP contribution is 2.28. The van der Waals surface area contributed by atoms with Crippen molar-refractivity contribution in [3.8, 4) is 0 Å². The summed E-state index contributed by atoms with van der Waals surface area (Å²) in [4.78, 5) is 24.9. The number of nitrogens with zero attached hydrogens (tertiary/aromatic N) is 7. The number of carbonyl (C=O) groups excluding carboxylic acids is 1. The smallest absolute Gasteiger partial charge is 0.410 e. The molecule has 9 nitrogen and oxygen atoms in total. The molecule has 1 saturated heterocycles. The van der Waals surface area contributed by atoms with Crippen molar-refractivity contribution in [3.05, 3.63) is 23.6 Å². The largest absolute Gasteiger partial charge is 0.444 e. The Labute approximate surface area is 160 Å². The van der Waals surface area contributed by atoms with Crippen molar-refractivity contribution in [2.75, 3.05) is 25.0 Å². The van der Waals surface area contributed by atoms with Crippen LogP contribution in [0, 0.1) is 0 Å². The second kappa shape index (κ2) is 6.19. The number of hydrogen-bond donors (Lipinski definition) is 0. The lowest BCUT2D eigenvalue weighted by Crippen LogP contribution is -2.60. The predicted octanol–water partition coefficient (Wildman–Crippen LogP) is 2.38. The molecule has 0 atom stereocenters. The zero-order valence-corrected chi connectivity index (χ0v) is 16.3. The van der Waals surface area contributed by atoms with Crippen molar-refractivity contribution in [2.24, 2.45) is 0 Å². The van der Waals surface area contributed by atoms with E-state index in [1.54, 1.807) is 28.7 Å². The molecule has 4 heterocycles. The van der Waals surface area contributed by atoms with E-state index < -0.39 is 5.60 Å². The minimum Gasteiger partial charge on any atom is -0.444 e. The molecule has 142 valence electrons. The molecular formula is C17H20ClN7O2. The highest BCUT2D eigenvalue weighted by Gasteiger charge is 2.36. The molecule has 0 aliphatic carbocycles. The van der Waals surface area contributed by atoms with Crippen LogP contribution in [0.4, 0.5) is 10.6 Å². The number of ether oxygens (including phenoxy) is 1. The fourth-order valence-electron chi connectivity index (χ4n) is 2.96. The van der Waals surface area contributed by atoms with Gasteiger partial charge in [0.25, 0.3) is 0 Å². The molecule has 0 radical (unpaired) electrons. The summed E-state index contributed by atoms with van der Waals surface area (Å²) in [6.07, 6.45) is 1.26. The van der Waals surface area contributed by atoms with Gasteiger partial charge in [-0.25, -0.2) is 14.8 Å². The summed E-state index contributed by atoms with van der Waals surface area (Å²) < 4.78 is 7.20. The number of rotatable bonds is 2. The SMILES string of the molecule is CN(C(=O)OC(C)(C)C)C1CN(c2nc3ccc(Cl)nc3n3cnnc23)C1. The number of hydrogen-bond acceptors (Lipinski definition) is 7. The Kier molecular flexibility index (Phi) is 4.06. The molecule has 10 heteroatoms. The van der Waals surface area contributed by atoms with Crippen LogP contribution in [-0.2, 0) is 4.74 Å². The van der Waals surface area contributed by atoms with E-state index in [0.29, 0.717) is 40.9 Å². The molecule has 0 unspecified atom stereocenters. The van der Waals surface area contributed by atoms with E-state index in [4.69, 9.17) is 16.3 Å². The minimum atomic E-state index is -0.517.